The van der Waals surface area contributed by atoms with Crippen LogP contribution in [0.4, 0.5) is 8.78 Å². The van der Waals surface area contributed by atoms with Crippen molar-refractivity contribution >= 4 is 21.9 Å². The highest BCUT2D eigenvalue weighted by molar-refractivity contribution is 9.08. The van der Waals surface area contributed by atoms with Crippen LogP contribution in [0.1, 0.15) is 40.7 Å². The number of alkyl halides is 3. The van der Waals surface area contributed by atoms with Gasteiger partial charge < -0.3 is 4.74 Å². The summed E-state index contributed by atoms with van der Waals surface area (Å²) in [4.78, 5) is 15.3. The number of halogens is 3. The van der Waals surface area contributed by atoms with Crippen LogP contribution in [-0.4, -0.2) is 17.6 Å². The summed E-state index contributed by atoms with van der Waals surface area (Å²) in [7, 11) is 0. The molecule has 1 heterocycles. The van der Waals surface area contributed by atoms with Crippen LogP contribution in [-0.2, 0) is 10.1 Å². The topological polar surface area (TPSA) is 63.0 Å². The lowest BCUT2D eigenvalue weighted by Crippen LogP contribution is -2.11. The van der Waals surface area contributed by atoms with Crippen molar-refractivity contribution in [3.05, 3.63) is 28.6 Å². The van der Waals surface area contributed by atoms with E-state index < -0.39 is 18.0 Å². The Morgan fingerprint density at radius 2 is 2.33 bits per heavy atom. The molecule has 0 bridgehead atoms. The number of nitrogens with zero attached hydrogens (tertiary/aromatic N) is 2. The maximum absolute atomic E-state index is 12.8. The third kappa shape index (κ3) is 3.01. The van der Waals surface area contributed by atoms with Crippen LogP contribution in [0.25, 0.3) is 0 Å². The first kappa shape index (κ1) is 14.5. The summed E-state index contributed by atoms with van der Waals surface area (Å²) in [6.07, 6.45) is -2.82. The Labute approximate surface area is 111 Å². The average Bonchev–Trinajstić information content (AvgIpc) is 2.36. The molecule has 0 aliphatic carbocycles. The molecule has 0 saturated heterocycles. The molecule has 4 nitrogen and oxygen atoms in total. The van der Waals surface area contributed by atoms with Gasteiger partial charge in [0.25, 0.3) is 6.43 Å². The van der Waals surface area contributed by atoms with Crippen molar-refractivity contribution in [2.45, 2.75) is 18.7 Å². The zero-order valence-electron chi connectivity index (χ0n) is 9.41. The first-order valence-corrected chi connectivity index (χ1v) is 6.12. The summed E-state index contributed by atoms with van der Waals surface area (Å²) in [5, 5.41) is 8.87. The normalized spacial score (nSPS) is 10.2. The van der Waals surface area contributed by atoms with E-state index in [-0.39, 0.29) is 28.9 Å². The van der Waals surface area contributed by atoms with E-state index in [4.69, 9.17) is 10.00 Å². The van der Waals surface area contributed by atoms with Crippen molar-refractivity contribution in [2.24, 2.45) is 0 Å². The number of aromatic nitrogens is 1. The van der Waals surface area contributed by atoms with Crippen LogP contribution in [0.5, 0.6) is 0 Å². The highest BCUT2D eigenvalue weighted by atomic mass is 79.9. The van der Waals surface area contributed by atoms with E-state index in [2.05, 4.69) is 20.9 Å². The molecule has 96 valence electrons. The third-order valence-electron chi connectivity index (χ3n) is 2.09. The lowest BCUT2D eigenvalue weighted by molar-refractivity contribution is 0.0518. The van der Waals surface area contributed by atoms with E-state index in [0.717, 1.165) is 6.07 Å². The molecule has 0 unspecified atom stereocenters. The van der Waals surface area contributed by atoms with Crippen molar-refractivity contribution in [1.29, 1.82) is 5.26 Å². The van der Waals surface area contributed by atoms with Gasteiger partial charge in [0.15, 0.2) is 0 Å². The number of hydrogen-bond donors (Lipinski definition) is 0. The molecule has 0 saturated carbocycles. The summed E-state index contributed by atoms with van der Waals surface area (Å²) >= 11 is 3.00. The van der Waals surface area contributed by atoms with Gasteiger partial charge in [0.1, 0.15) is 5.69 Å². The third-order valence-corrected chi connectivity index (χ3v) is 2.62. The number of carbonyl (C=O) groups is 1. The fraction of sp³-hybridized carbons (Fsp3) is 0.364. The van der Waals surface area contributed by atoms with Crippen molar-refractivity contribution in [1.82, 2.24) is 4.98 Å². The molecular weight excluding hydrogens is 310 g/mol. The SMILES string of the molecule is CCOC(=O)c1cc(C#N)c(C(F)F)c(CBr)n1. The maximum atomic E-state index is 12.8. The number of rotatable bonds is 4. The van der Waals surface area contributed by atoms with Crippen LogP contribution in [0.2, 0.25) is 0 Å². The summed E-state index contributed by atoms with van der Waals surface area (Å²) in [5.74, 6) is -0.739. The smallest absolute Gasteiger partial charge is 0.356 e. The van der Waals surface area contributed by atoms with E-state index in [1.165, 1.54) is 0 Å². The molecule has 0 spiro atoms. The van der Waals surface area contributed by atoms with Gasteiger partial charge in [-0.25, -0.2) is 18.6 Å². The number of hydrogen-bond acceptors (Lipinski definition) is 4. The van der Waals surface area contributed by atoms with E-state index >= 15 is 0 Å². The average molecular weight is 319 g/mol. The van der Waals surface area contributed by atoms with E-state index in [0.29, 0.717) is 0 Å². The quantitative estimate of drug-likeness (QED) is 0.632. The van der Waals surface area contributed by atoms with Crippen molar-refractivity contribution < 1.29 is 18.3 Å². The highest BCUT2D eigenvalue weighted by Gasteiger charge is 2.22. The molecule has 0 aliphatic heterocycles. The van der Waals surface area contributed by atoms with Gasteiger partial charge in [-0.05, 0) is 13.0 Å². The van der Waals surface area contributed by atoms with Gasteiger partial charge >= 0.3 is 5.97 Å². The Morgan fingerprint density at radius 3 is 2.78 bits per heavy atom. The Kier molecular flexibility index (Phi) is 5.16. The highest BCUT2D eigenvalue weighted by Crippen LogP contribution is 2.27. The fourth-order valence-corrected chi connectivity index (χ4v) is 1.78. The molecular formula is C11H9BrF2N2O2. The second kappa shape index (κ2) is 6.40. The lowest BCUT2D eigenvalue weighted by atomic mass is 10.1. The zero-order valence-corrected chi connectivity index (χ0v) is 11.0. The van der Waals surface area contributed by atoms with Crippen LogP contribution in [0.15, 0.2) is 6.07 Å². The van der Waals surface area contributed by atoms with Crippen LogP contribution < -0.4 is 0 Å². The fourth-order valence-electron chi connectivity index (χ4n) is 1.36. The minimum Gasteiger partial charge on any atom is -0.461 e. The summed E-state index contributed by atoms with van der Waals surface area (Å²) in [6.45, 7) is 1.75. The van der Waals surface area contributed by atoms with Crippen LogP contribution in [0.3, 0.4) is 0 Å². The van der Waals surface area contributed by atoms with Crippen LogP contribution in [0, 0.1) is 11.3 Å². The van der Waals surface area contributed by atoms with Crippen molar-refractivity contribution in [3.63, 3.8) is 0 Å². The first-order chi connectivity index (χ1) is 8.54. The molecule has 0 radical (unpaired) electrons. The van der Waals surface area contributed by atoms with Crippen LogP contribution >= 0.6 is 15.9 Å². The van der Waals surface area contributed by atoms with Gasteiger partial charge in [-0.3, -0.25) is 0 Å². The van der Waals surface area contributed by atoms with Crippen molar-refractivity contribution in [2.75, 3.05) is 6.61 Å². The number of carbonyl (C=O) groups excluding carboxylic acids is 1. The van der Waals surface area contributed by atoms with E-state index in [1.807, 2.05) is 0 Å². The predicted molar refractivity (Wildman–Crippen MR) is 62.5 cm³/mol. The summed E-state index contributed by atoms with van der Waals surface area (Å²) in [5.41, 5.74) is -0.903. The second-order valence-electron chi connectivity index (χ2n) is 3.18. The molecule has 0 aliphatic rings. The van der Waals surface area contributed by atoms with Crippen molar-refractivity contribution in [3.8, 4) is 6.07 Å². The molecule has 1 rings (SSSR count). The van der Waals surface area contributed by atoms with E-state index in [1.54, 1.807) is 13.0 Å². The maximum Gasteiger partial charge on any atom is 0.356 e. The largest absolute Gasteiger partial charge is 0.461 e. The molecule has 18 heavy (non-hydrogen) atoms. The minimum absolute atomic E-state index is 0.0224. The minimum atomic E-state index is -2.82. The van der Waals surface area contributed by atoms with E-state index in [9.17, 15) is 13.6 Å². The number of nitriles is 1. The van der Waals surface area contributed by atoms with Gasteiger partial charge in [-0.1, -0.05) is 15.9 Å². The molecule has 0 amide bonds. The Bertz CT molecular complexity index is 501. The number of pyridine rings is 1. The van der Waals surface area contributed by atoms with Gasteiger partial charge in [0.2, 0.25) is 0 Å². The Morgan fingerprint density at radius 1 is 1.67 bits per heavy atom. The lowest BCUT2D eigenvalue weighted by Gasteiger charge is -2.10. The molecule has 0 atom stereocenters. The Hall–Kier alpha value is -1.55. The molecule has 7 heteroatoms. The monoisotopic (exact) mass is 318 g/mol. The Balaban J connectivity index is 3.36. The molecule has 1 aromatic rings. The number of esters is 1. The predicted octanol–water partition coefficient (Wildman–Crippen LogP) is 2.96. The molecule has 0 fully saturated rings. The standard InChI is InChI=1S/C11H9BrF2N2O2/c1-2-18-11(17)7-3-6(5-15)9(10(13)14)8(4-12)16-7/h3,10H,2,4H2,1H3. The second-order valence-corrected chi connectivity index (χ2v) is 3.74. The first-order valence-electron chi connectivity index (χ1n) is 5.00. The molecule has 1 aromatic heterocycles. The number of ether oxygens (including phenoxy) is 1. The van der Waals surface area contributed by atoms with Gasteiger partial charge in [-0.15, -0.1) is 0 Å². The summed E-state index contributed by atoms with van der Waals surface area (Å²) in [6, 6.07) is 2.66. The summed E-state index contributed by atoms with van der Waals surface area (Å²) < 4.78 is 30.3. The molecule has 0 N–H and O–H groups in total. The molecule has 0 aromatic carbocycles. The zero-order chi connectivity index (χ0) is 13.7. The van der Waals surface area contributed by atoms with Gasteiger partial charge in [0.05, 0.1) is 29.5 Å². The van der Waals surface area contributed by atoms with Gasteiger partial charge in [0, 0.05) is 5.33 Å². The van der Waals surface area contributed by atoms with Gasteiger partial charge in [-0.2, -0.15) is 5.26 Å².